The van der Waals surface area contributed by atoms with Gasteiger partial charge in [-0.1, -0.05) is 6.07 Å². The zero-order valence-electron chi connectivity index (χ0n) is 9.60. The van der Waals surface area contributed by atoms with Crippen LogP contribution in [0.2, 0.25) is 0 Å². The molecule has 0 spiro atoms. The molecule has 0 aromatic heterocycles. The van der Waals surface area contributed by atoms with Crippen molar-refractivity contribution >= 4 is 12.4 Å². The summed E-state index contributed by atoms with van der Waals surface area (Å²) in [6.45, 7) is 0. The number of methoxy groups -OCH3 is 2. The summed E-state index contributed by atoms with van der Waals surface area (Å²) in [6, 6.07) is 6.05. The number of benzene rings is 1. The molecule has 90 valence electrons. The molecule has 0 radical (unpaired) electrons. The van der Waals surface area contributed by atoms with Crippen LogP contribution in [0.4, 0.5) is 0 Å². The molecule has 0 aliphatic heterocycles. The van der Waals surface area contributed by atoms with E-state index in [0.717, 1.165) is 17.1 Å². The molecular weight excluding hydrogens is 226 g/mol. The van der Waals surface area contributed by atoms with Gasteiger partial charge in [0.15, 0.2) is 11.5 Å². The number of ether oxygens (including phenoxy) is 2. The highest BCUT2D eigenvalue weighted by Crippen LogP contribution is 2.41. The summed E-state index contributed by atoms with van der Waals surface area (Å²) in [5, 5.41) is 0. The number of rotatable bonds is 4. The molecule has 1 aromatic carbocycles. The average Bonchev–Trinajstić information content (AvgIpc) is 3.11. The molecule has 0 bridgehead atoms. The van der Waals surface area contributed by atoms with E-state index < -0.39 is 0 Å². The summed E-state index contributed by atoms with van der Waals surface area (Å²) in [5.41, 5.74) is 7.25. The second-order valence-corrected chi connectivity index (χ2v) is 3.98. The Hall–Kier alpha value is -0.930. The number of hydrogen-bond donors (Lipinski definition) is 1. The van der Waals surface area contributed by atoms with Gasteiger partial charge in [0.2, 0.25) is 0 Å². The van der Waals surface area contributed by atoms with Gasteiger partial charge < -0.3 is 15.2 Å². The first-order chi connectivity index (χ1) is 7.26. The lowest BCUT2D eigenvalue weighted by atomic mass is 10.0. The highest BCUT2D eigenvalue weighted by Gasteiger charge is 2.29. The zero-order valence-corrected chi connectivity index (χ0v) is 10.4. The molecule has 0 heterocycles. The van der Waals surface area contributed by atoms with Crippen molar-refractivity contribution in [3.05, 3.63) is 23.8 Å². The fraction of sp³-hybridized carbons (Fsp3) is 0.500. The van der Waals surface area contributed by atoms with Crippen LogP contribution in [0.3, 0.4) is 0 Å². The van der Waals surface area contributed by atoms with Crippen molar-refractivity contribution in [1.82, 2.24) is 0 Å². The normalized spacial score (nSPS) is 16.2. The van der Waals surface area contributed by atoms with Crippen LogP contribution in [0.1, 0.15) is 24.4 Å². The lowest BCUT2D eigenvalue weighted by Gasteiger charge is -2.14. The van der Waals surface area contributed by atoms with Gasteiger partial charge in [-0.25, -0.2) is 0 Å². The van der Waals surface area contributed by atoms with E-state index in [-0.39, 0.29) is 18.4 Å². The Balaban J connectivity index is 0.00000128. The molecule has 1 saturated carbocycles. The van der Waals surface area contributed by atoms with Gasteiger partial charge in [-0.3, -0.25) is 0 Å². The van der Waals surface area contributed by atoms with E-state index >= 15 is 0 Å². The van der Waals surface area contributed by atoms with Crippen LogP contribution < -0.4 is 15.2 Å². The van der Waals surface area contributed by atoms with Gasteiger partial charge in [0.05, 0.1) is 14.2 Å². The SMILES string of the molecule is COc1ccc([C@H](N)C2CC2)cc1OC.Cl. The fourth-order valence-electron chi connectivity index (χ4n) is 1.79. The van der Waals surface area contributed by atoms with Gasteiger partial charge in [-0.15, -0.1) is 12.4 Å². The minimum absolute atomic E-state index is 0. The minimum Gasteiger partial charge on any atom is -0.493 e. The van der Waals surface area contributed by atoms with Gasteiger partial charge in [0, 0.05) is 6.04 Å². The summed E-state index contributed by atoms with van der Waals surface area (Å²) in [4.78, 5) is 0. The Kier molecular flexibility index (Phi) is 4.44. The molecule has 1 fully saturated rings. The van der Waals surface area contributed by atoms with Crippen LogP contribution in [0.5, 0.6) is 11.5 Å². The van der Waals surface area contributed by atoms with Crippen molar-refractivity contribution in [1.29, 1.82) is 0 Å². The predicted octanol–water partition coefficient (Wildman–Crippen LogP) is 2.54. The maximum atomic E-state index is 6.12. The Morgan fingerprint density at radius 2 is 1.81 bits per heavy atom. The first kappa shape index (κ1) is 13.1. The molecule has 4 heteroatoms. The highest BCUT2D eigenvalue weighted by molar-refractivity contribution is 5.85. The Morgan fingerprint density at radius 1 is 1.19 bits per heavy atom. The summed E-state index contributed by atoms with van der Waals surface area (Å²) in [5.74, 6) is 2.17. The van der Waals surface area contributed by atoms with Crippen LogP contribution in [0.25, 0.3) is 0 Å². The third-order valence-electron chi connectivity index (χ3n) is 2.92. The molecule has 0 unspecified atom stereocenters. The molecule has 2 N–H and O–H groups in total. The minimum atomic E-state index is 0. The number of halogens is 1. The third kappa shape index (κ3) is 2.60. The smallest absolute Gasteiger partial charge is 0.161 e. The van der Waals surface area contributed by atoms with Crippen molar-refractivity contribution < 1.29 is 9.47 Å². The van der Waals surface area contributed by atoms with E-state index in [4.69, 9.17) is 15.2 Å². The lowest BCUT2D eigenvalue weighted by Crippen LogP contribution is -2.12. The van der Waals surface area contributed by atoms with E-state index in [1.165, 1.54) is 12.8 Å². The van der Waals surface area contributed by atoms with Crippen molar-refractivity contribution in [2.45, 2.75) is 18.9 Å². The maximum absolute atomic E-state index is 6.12. The molecule has 1 aliphatic carbocycles. The second-order valence-electron chi connectivity index (χ2n) is 3.98. The van der Waals surface area contributed by atoms with Gasteiger partial charge in [-0.2, -0.15) is 0 Å². The lowest BCUT2D eigenvalue weighted by molar-refractivity contribution is 0.354. The van der Waals surface area contributed by atoms with Gasteiger partial charge in [0.1, 0.15) is 0 Å². The highest BCUT2D eigenvalue weighted by atomic mass is 35.5. The summed E-state index contributed by atoms with van der Waals surface area (Å²) in [6.07, 6.45) is 2.49. The first-order valence-electron chi connectivity index (χ1n) is 5.23. The Morgan fingerprint density at radius 3 is 2.31 bits per heavy atom. The van der Waals surface area contributed by atoms with Crippen LogP contribution in [-0.2, 0) is 0 Å². The van der Waals surface area contributed by atoms with Gasteiger partial charge in [0.25, 0.3) is 0 Å². The molecule has 16 heavy (non-hydrogen) atoms. The van der Waals surface area contributed by atoms with Gasteiger partial charge in [-0.05, 0) is 36.5 Å². The number of hydrogen-bond acceptors (Lipinski definition) is 3. The Bertz CT molecular complexity index is 353. The van der Waals surface area contributed by atoms with Crippen LogP contribution in [0, 0.1) is 5.92 Å². The average molecular weight is 244 g/mol. The molecule has 1 aliphatic rings. The standard InChI is InChI=1S/C12H17NO2.ClH/c1-14-10-6-5-9(7-11(10)15-2)12(13)8-3-4-8;/h5-8,12H,3-4,13H2,1-2H3;1H/t12-;/m1./s1. The molecule has 0 saturated heterocycles. The first-order valence-corrected chi connectivity index (χ1v) is 5.23. The zero-order chi connectivity index (χ0) is 10.8. The van der Waals surface area contributed by atoms with E-state index in [2.05, 4.69) is 0 Å². The van der Waals surface area contributed by atoms with E-state index in [1.54, 1.807) is 14.2 Å². The van der Waals surface area contributed by atoms with Crippen molar-refractivity contribution in [3.63, 3.8) is 0 Å². The van der Waals surface area contributed by atoms with Crippen molar-refractivity contribution in [2.24, 2.45) is 11.7 Å². The second kappa shape index (κ2) is 5.41. The maximum Gasteiger partial charge on any atom is 0.161 e. The molecular formula is C12H18ClNO2. The molecule has 2 rings (SSSR count). The predicted molar refractivity (Wildman–Crippen MR) is 66.4 cm³/mol. The summed E-state index contributed by atoms with van der Waals surface area (Å²) in [7, 11) is 3.28. The summed E-state index contributed by atoms with van der Waals surface area (Å²) >= 11 is 0. The van der Waals surface area contributed by atoms with Crippen LogP contribution >= 0.6 is 12.4 Å². The molecule has 1 aromatic rings. The van der Waals surface area contributed by atoms with E-state index in [9.17, 15) is 0 Å². The van der Waals surface area contributed by atoms with Crippen LogP contribution in [-0.4, -0.2) is 14.2 Å². The molecule has 1 atom stereocenters. The van der Waals surface area contributed by atoms with Crippen molar-refractivity contribution in [2.75, 3.05) is 14.2 Å². The molecule has 0 amide bonds. The fourth-order valence-corrected chi connectivity index (χ4v) is 1.79. The third-order valence-corrected chi connectivity index (χ3v) is 2.92. The monoisotopic (exact) mass is 243 g/mol. The van der Waals surface area contributed by atoms with Crippen LogP contribution in [0.15, 0.2) is 18.2 Å². The van der Waals surface area contributed by atoms with E-state index in [1.807, 2.05) is 18.2 Å². The van der Waals surface area contributed by atoms with E-state index in [0.29, 0.717) is 5.92 Å². The summed E-state index contributed by atoms with van der Waals surface area (Å²) < 4.78 is 10.4. The topological polar surface area (TPSA) is 44.5 Å². The van der Waals surface area contributed by atoms with Crippen molar-refractivity contribution in [3.8, 4) is 11.5 Å². The number of nitrogens with two attached hydrogens (primary N) is 1. The Labute approximate surface area is 102 Å². The quantitative estimate of drug-likeness (QED) is 0.884. The van der Waals surface area contributed by atoms with Gasteiger partial charge >= 0.3 is 0 Å². The largest absolute Gasteiger partial charge is 0.493 e. The molecule has 3 nitrogen and oxygen atoms in total.